The van der Waals surface area contributed by atoms with Crippen LogP contribution in [0, 0.1) is 5.92 Å². The second kappa shape index (κ2) is 61.4. The predicted molar refractivity (Wildman–Crippen MR) is 440 cm³/mol. The summed E-state index contributed by atoms with van der Waals surface area (Å²) in [5, 5.41) is 9.11. The molecule has 0 saturated carbocycles. The van der Waals surface area contributed by atoms with Gasteiger partial charge in [0.2, 0.25) is 0 Å². The topological polar surface area (TPSA) is 20.2 Å². The Bertz CT molecular complexity index is 2680. The lowest BCUT2D eigenvalue weighted by molar-refractivity contribution is 0.259. The van der Waals surface area contributed by atoms with Gasteiger partial charge in [-0.25, -0.2) is 0 Å². The Morgan fingerprint density at radius 2 is 0.292 bits per heavy atom. The van der Waals surface area contributed by atoms with Crippen LogP contribution in [0.25, 0.3) is 0 Å². The molecule has 0 aromatic rings. The molecule has 0 amide bonds. The second-order valence-corrected chi connectivity index (χ2v) is 30.5. The number of hydrogen-bond donors (Lipinski definition) is 1. The molecule has 0 heterocycles. The van der Waals surface area contributed by atoms with Gasteiger partial charge in [0.15, 0.2) is 0 Å². The number of aliphatic hydroxyl groups is 1. The Morgan fingerprint density at radius 1 is 0.177 bits per heavy atom. The Balaban J connectivity index is 4.35. The lowest BCUT2D eigenvalue weighted by atomic mass is 10.0. The summed E-state index contributed by atoms with van der Waals surface area (Å²) in [5.41, 5.74) is 27.4. The van der Waals surface area contributed by atoms with Crippen molar-refractivity contribution in [1.82, 2.24) is 0 Å². The summed E-state index contributed by atoms with van der Waals surface area (Å²) >= 11 is 0. The molecule has 0 aliphatic carbocycles. The van der Waals surface area contributed by atoms with Crippen molar-refractivity contribution in [2.45, 2.75) is 376 Å². The molecule has 0 aliphatic heterocycles. The third-order valence-electron chi connectivity index (χ3n) is 19.4. The molecule has 1 nitrogen and oxygen atoms in total. The zero-order valence-corrected chi connectivity index (χ0v) is 67.3. The average molecular weight is 1310 g/mol. The van der Waals surface area contributed by atoms with Gasteiger partial charge in [-0.2, -0.15) is 0 Å². The summed E-state index contributed by atoms with van der Waals surface area (Å²) in [6.45, 7) is 46.2. The molecule has 0 rings (SSSR count). The molecule has 0 spiro atoms. The van der Waals surface area contributed by atoms with Gasteiger partial charge < -0.3 is 5.11 Å². The van der Waals surface area contributed by atoms with Crippen molar-refractivity contribution in [3.05, 3.63) is 210 Å². The van der Waals surface area contributed by atoms with Crippen LogP contribution >= 0.6 is 0 Å². The lowest BCUT2D eigenvalue weighted by Crippen LogP contribution is -1.97. The van der Waals surface area contributed by atoms with Gasteiger partial charge in [-0.3, -0.25) is 0 Å². The first-order valence-electron chi connectivity index (χ1n) is 39.3. The van der Waals surface area contributed by atoms with Crippen molar-refractivity contribution >= 4 is 0 Å². The van der Waals surface area contributed by atoms with Gasteiger partial charge in [-0.15, -0.1) is 0 Å². The second-order valence-electron chi connectivity index (χ2n) is 30.5. The van der Waals surface area contributed by atoms with Crippen LogP contribution in [0.1, 0.15) is 376 Å². The first-order chi connectivity index (χ1) is 45.9. The maximum absolute atomic E-state index is 9.11. The zero-order valence-electron chi connectivity index (χ0n) is 67.3. The minimum Gasteiger partial charge on any atom is -0.396 e. The van der Waals surface area contributed by atoms with Gasteiger partial charge in [0.1, 0.15) is 0 Å². The van der Waals surface area contributed by atoms with Crippen LogP contribution in [0.15, 0.2) is 210 Å². The quantitative estimate of drug-likeness (QED) is 0.0602. The van der Waals surface area contributed by atoms with Gasteiger partial charge in [0, 0.05) is 6.61 Å². The summed E-state index contributed by atoms with van der Waals surface area (Å²) in [6.07, 6.45) is 87.0. The van der Waals surface area contributed by atoms with Crippen molar-refractivity contribution < 1.29 is 5.11 Å². The average Bonchev–Trinajstić information content (AvgIpc) is 3.73. The van der Waals surface area contributed by atoms with E-state index >= 15 is 0 Å². The van der Waals surface area contributed by atoms with Crippen molar-refractivity contribution in [3.63, 3.8) is 0 Å². The Morgan fingerprint density at radius 3 is 0.406 bits per heavy atom. The van der Waals surface area contributed by atoms with E-state index in [0.29, 0.717) is 12.5 Å². The normalized spacial score (nSPS) is 15.4. The Kier molecular flexibility index (Phi) is 58.4. The standard InChI is InChI=1S/C95H156O/c1-77(2)39-21-40-78(3)41-22-42-79(4)43-23-44-80(5)45-24-46-81(6)47-25-48-82(7)49-26-50-83(8)51-27-52-84(9)53-28-54-85(10)55-29-56-86(11)57-30-58-87(12)59-31-60-88(13)61-32-62-89(14)63-33-64-90(15)65-34-66-91(16)67-35-68-92(17)69-36-70-93(18)71-37-72-94(19)73-38-74-95(20)75-76-96/h39,41,43,45,47,49,51,53,55,57,59,61,63,65,67,69,71,73,95-96H,21-38,40,42,44,46,48,50,52,54,56,58,60,62,64,66,68,70,72,74-76H2,1-20H3/t95-/m0/s1. The van der Waals surface area contributed by atoms with E-state index in [0.717, 1.165) is 122 Å². The first kappa shape index (κ1) is 91.3. The van der Waals surface area contributed by atoms with E-state index in [9.17, 15) is 0 Å². The minimum atomic E-state index is 0.309. The molecule has 0 saturated heterocycles. The fraction of sp³-hybridized carbons (Fsp3) is 0.621. The van der Waals surface area contributed by atoms with Gasteiger partial charge in [0.05, 0.1) is 0 Å². The fourth-order valence-electron chi connectivity index (χ4n) is 12.0. The largest absolute Gasteiger partial charge is 0.396 e. The SMILES string of the molecule is CC(C)=CCCC(C)=CCCC(C)=CCCC(C)=CCCC(C)=CCCC(C)=CCCC(C)=CCCC(C)=CCCC(C)=CCCC(C)=CCCC(C)=CCCC(C)=CCCC(C)=CCCC(C)=CCCC(C)=CCCC(C)=CCCC(C)=CCCC(C)=CCC[C@H](C)CCO. The highest BCUT2D eigenvalue weighted by Crippen LogP contribution is 2.23. The molecule has 0 fully saturated rings. The molecule has 542 valence electrons. The lowest BCUT2D eigenvalue weighted by Gasteiger charge is -2.07. The van der Waals surface area contributed by atoms with Crippen LogP contribution in [-0.4, -0.2) is 11.7 Å². The fourth-order valence-corrected chi connectivity index (χ4v) is 12.0. The molecule has 96 heavy (non-hydrogen) atoms. The summed E-state index contributed by atoms with van der Waals surface area (Å²) in [4.78, 5) is 0. The molecule has 0 radical (unpaired) electrons. The highest BCUT2D eigenvalue weighted by molar-refractivity contribution is 5.15. The Labute approximate surface area is 599 Å². The highest BCUT2D eigenvalue weighted by Gasteiger charge is 2.03. The van der Waals surface area contributed by atoms with Crippen LogP contribution in [-0.2, 0) is 0 Å². The van der Waals surface area contributed by atoms with Gasteiger partial charge in [0.25, 0.3) is 0 Å². The van der Waals surface area contributed by atoms with Gasteiger partial charge in [-0.05, 0) is 375 Å². The number of aliphatic hydroxyl groups excluding tert-OH is 1. The summed E-state index contributed by atoms with van der Waals surface area (Å²) < 4.78 is 0. The molecule has 1 N–H and O–H groups in total. The molecule has 0 aromatic carbocycles. The van der Waals surface area contributed by atoms with Crippen LogP contribution in [0.5, 0.6) is 0 Å². The van der Waals surface area contributed by atoms with Crippen molar-refractivity contribution in [2.24, 2.45) is 5.92 Å². The van der Waals surface area contributed by atoms with Crippen molar-refractivity contribution in [3.8, 4) is 0 Å². The number of rotatable bonds is 56. The van der Waals surface area contributed by atoms with E-state index in [1.807, 2.05) is 0 Å². The summed E-state index contributed by atoms with van der Waals surface area (Å²) in [6, 6.07) is 0. The molecule has 1 atom stereocenters. The van der Waals surface area contributed by atoms with Crippen molar-refractivity contribution in [1.29, 1.82) is 0 Å². The highest BCUT2D eigenvalue weighted by atomic mass is 16.3. The van der Waals surface area contributed by atoms with E-state index in [4.69, 9.17) is 5.11 Å². The maximum atomic E-state index is 9.11. The molecule has 0 aliphatic rings. The predicted octanol–water partition coefficient (Wildman–Crippen LogP) is 32.1. The monoisotopic (exact) mass is 1310 g/mol. The third kappa shape index (κ3) is 61.6. The molecule has 0 bridgehead atoms. The van der Waals surface area contributed by atoms with Crippen LogP contribution in [0.2, 0.25) is 0 Å². The van der Waals surface area contributed by atoms with Crippen LogP contribution in [0.3, 0.4) is 0 Å². The molecular formula is C95H156O. The third-order valence-corrected chi connectivity index (χ3v) is 19.4. The Hall–Kier alpha value is -4.72. The van der Waals surface area contributed by atoms with Gasteiger partial charge in [-0.1, -0.05) is 217 Å². The van der Waals surface area contributed by atoms with Gasteiger partial charge >= 0.3 is 0 Å². The van der Waals surface area contributed by atoms with Crippen LogP contribution < -0.4 is 0 Å². The van der Waals surface area contributed by atoms with E-state index in [-0.39, 0.29) is 0 Å². The minimum absolute atomic E-state index is 0.309. The van der Waals surface area contributed by atoms with E-state index in [1.54, 1.807) is 0 Å². The smallest absolute Gasteiger partial charge is 0.0433 e. The number of hydrogen-bond acceptors (Lipinski definition) is 1. The molecule has 0 aromatic heterocycles. The number of allylic oxidation sites excluding steroid dienone is 36. The van der Waals surface area contributed by atoms with E-state index in [1.165, 1.54) is 216 Å². The first-order valence-corrected chi connectivity index (χ1v) is 39.3. The van der Waals surface area contributed by atoms with E-state index < -0.39 is 0 Å². The van der Waals surface area contributed by atoms with Crippen LogP contribution in [0.4, 0.5) is 0 Å². The maximum Gasteiger partial charge on any atom is 0.0433 e. The van der Waals surface area contributed by atoms with E-state index in [2.05, 4.69) is 248 Å². The molecule has 1 heteroatoms. The summed E-state index contributed by atoms with van der Waals surface area (Å²) in [7, 11) is 0. The summed E-state index contributed by atoms with van der Waals surface area (Å²) in [5.74, 6) is 0.611. The zero-order chi connectivity index (χ0) is 71.6. The molecular weight excluding hydrogens is 1160 g/mol. The molecule has 0 unspecified atom stereocenters. The van der Waals surface area contributed by atoms with Crippen molar-refractivity contribution in [2.75, 3.05) is 6.61 Å².